The maximum atomic E-state index is 13.5. The van der Waals surface area contributed by atoms with Gasteiger partial charge in [0.25, 0.3) is 0 Å². The Labute approximate surface area is 100 Å². The Balaban J connectivity index is 2.47. The van der Waals surface area contributed by atoms with E-state index in [9.17, 15) is 12.8 Å². The quantitative estimate of drug-likeness (QED) is 0.898. The van der Waals surface area contributed by atoms with E-state index < -0.39 is 15.7 Å². The number of halogens is 1. The van der Waals surface area contributed by atoms with Crippen molar-refractivity contribution in [2.75, 3.05) is 7.05 Å². The fourth-order valence-corrected chi connectivity index (χ4v) is 3.57. The second-order valence-corrected chi connectivity index (χ2v) is 6.13. The van der Waals surface area contributed by atoms with E-state index in [4.69, 9.17) is 0 Å². The van der Waals surface area contributed by atoms with Crippen molar-refractivity contribution < 1.29 is 12.8 Å². The van der Waals surface area contributed by atoms with E-state index in [0.29, 0.717) is 6.42 Å². The van der Waals surface area contributed by atoms with Crippen molar-refractivity contribution in [3.05, 3.63) is 34.5 Å². The Morgan fingerprint density at radius 3 is 2.71 bits per heavy atom. The molecule has 1 atom stereocenters. The standard InChI is InChI=1S/C12H14FNO2S/c1-8(14-2)6-9-7-10-11(13)4-3-5-12(10)17(9,15)16/h3-5,7-8,14H,6H2,1-2H3. The summed E-state index contributed by atoms with van der Waals surface area (Å²) in [5, 5.41) is 2.97. The summed E-state index contributed by atoms with van der Waals surface area (Å²) in [5.41, 5.74) is 0.186. The van der Waals surface area contributed by atoms with Crippen LogP contribution in [0.4, 0.5) is 4.39 Å². The van der Waals surface area contributed by atoms with Crippen LogP contribution < -0.4 is 5.32 Å². The Morgan fingerprint density at radius 2 is 2.12 bits per heavy atom. The number of rotatable bonds is 3. The van der Waals surface area contributed by atoms with Crippen molar-refractivity contribution >= 4 is 15.9 Å². The lowest BCUT2D eigenvalue weighted by Crippen LogP contribution is -2.22. The van der Waals surface area contributed by atoms with Crippen molar-refractivity contribution in [1.29, 1.82) is 0 Å². The van der Waals surface area contributed by atoms with Crippen LogP contribution >= 0.6 is 0 Å². The largest absolute Gasteiger partial charge is 0.317 e. The Hall–Kier alpha value is -1.20. The molecule has 1 aromatic carbocycles. The van der Waals surface area contributed by atoms with Crippen LogP contribution in [-0.2, 0) is 9.84 Å². The highest BCUT2D eigenvalue weighted by Gasteiger charge is 2.31. The topological polar surface area (TPSA) is 46.2 Å². The lowest BCUT2D eigenvalue weighted by Gasteiger charge is -2.10. The molecule has 0 saturated carbocycles. The van der Waals surface area contributed by atoms with Gasteiger partial charge < -0.3 is 5.32 Å². The van der Waals surface area contributed by atoms with Crippen LogP contribution in [0.15, 0.2) is 28.0 Å². The van der Waals surface area contributed by atoms with Gasteiger partial charge in [-0.3, -0.25) is 0 Å². The van der Waals surface area contributed by atoms with Gasteiger partial charge in [-0.05, 0) is 38.6 Å². The number of benzene rings is 1. The molecule has 0 bridgehead atoms. The first kappa shape index (κ1) is 12.3. The molecule has 1 aliphatic heterocycles. The highest BCUT2D eigenvalue weighted by atomic mass is 32.2. The number of sulfone groups is 1. The van der Waals surface area contributed by atoms with Crippen LogP contribution in [0, 0.1) is 5.82 Å². The second kappa shape index (κ2) is 4.23. The molecule has 2 rings (SSSR count). The van der Waals surface area contributed by atoms with E-state index in [1.54, 1.807) is 7.05 Å². The predicted octanol–water partition coefficient (Wildman–Crippen LogP) is 1.95. The summed E-state index contributed by atoms with van der Waals surface area (Å²) in [6.07, 6.45) is 1.81. The van der Waals surface area contributed by atoms with Gasteiger partial charge >= 0.3 is 0 Å². The van der Waals surface area contributed by atoms with Gasteiger partial charge in [0.15, 0.2) is 0 Å². The van der Waals surface area contributed by atoms with Gasteiger partial charge in [0, 0.05) is 11.6 Å². The van der Waals surface area contributed by atoms with E-state index in [1.807, 2.05) is 6.92 Å². The first-order valence-electron chi connectivity index (χ1n) is 5.38. The van der Waals surface area contributed by atoms with Crippen LogP contribution in [0.2, 0.25) is 0 Å². The maximum Gasteiger partial charge on any atom is 0.203 e. The van der Waals surface area contributed by atoms with Crippen molar-refractivity contribution in [1.82, 2.24) is 5.32 Å². The molecule has 1 heterocycles. The van der Waals surface area contributed by atoms with Gasteiger partial charge in [0.05, 0.1) is 9.80 Å². The van der Waals surface area contributed by atoms with Gasteiger partial charge in [-0.2, -0.15) is 0 Å². The van der Waals surface area contributed by atoms with Gasteiger partial charge in [-0.1, -0.05) is 6.07 Å². The van der Waals surface area contributed by atoms with E-state index in [0.717, 1.165) is 0 Å². The number of nitrogens with one attached hydrogen (secondary N) is 1. The van der Waals surface area contributed by atoms with Gasteiger partial charge in [-0.25, -0.2) is 12.8 Å². The average Bonchev–Trinajstić information content (AvgIpc) is 2.53. The molecule has 0 aliphatic carbocycles. The molecule has 0 amide bonds. The zero-order chi connectivity index (χ0) is 12.6. The van der Waals surface area contributed by atoms with Gasteiger partial charge in [0.1, 0.15) is 5.82 Å². The Kier molecular flexibility index (Phi) is 3.05. The van der Waals surface area contributed by atoms with E-state index in [1.165, 1.54) is 24.3 Å². The summed E-state index contributed by atoms with van der Waals surface area (Å²) in [7, 11) is -1.73. The molecule has 0 aromatic heterocycles. The predicted molar refractivity (Wildman–Crippen MR) is 64.7 cm³/mol. The SMILES string of the molecule is CNC(C)CC1=Cc2c(F)cccc2S1(=O)=O. The minimum Gasteiger partial charge on any atom is -0.317 e. The molecule has 92 valence electrons. The molecular formula is C12H14FNO2S. The summed E-state index contributed by atoms with van der Waals surface area (Å²) in [6, 6.07) is 4.18. The van der Waals surface area contributed by atoms with Gasteiger partial charge in [-0.15, -0.1) is 0 Å². The fourth-order valence-electron chi connectivity index (χ4n) is 1.84. The monoisotopic (exact) mass is 255 g/mol. The van der Waals surface area contributed by atoms with Gasteiger partial charge in [0.2, 0.25) is 9.84 Å². The maximum absolute atomic E-state index is 13.5. The molecule has 0 spiro atoms. The lowest BCUT2D eigenvalue weighted by molar-refractivity contribution is 0.585. The molecule has 1 aliphatic rings. The Morgan fingerprint density at radius 1 is 1.41 bits per heavy atom. The summed E-state index contributed by atoms with van der Waals surface area (Å²) < 4.78 is 37.8. The number of hydrogen-bond acceptors (Lipinski definition) is 3. The fraction of sp³-hybridized carbons (Fsp3) is 0.333. The van der Waals surface area contributed by atoms with E-state index >= 15 is 0 Å². The van der Waals surface area contributed by atoms with Crippen LogP contribution in [0.1, 0.15) is 18.9 Å². The van der Waals surface area contributed by atoms with E-state index in [-0.39, 0.29) is 21.4 Å². The third-order valence-electron chi connectivity index (χ3n) is 2.95. The highest BCUT2D eigenvalue weighted by molar-refractivity contribution is 7.95. The van der Waals surface area contributed by atoms with Crippen LogP contribution in [0.5, 0.6) is 0 Å². The first-order chi connectivity index (χ1) is 7.96. The van der Waals surface area contributed by atoms with Crippen LogP contribution in [0.3, 0.4) is 0 Å². The van der Waals surface area contributed by atoms with Crippen LogP contribution in [-0.4, -0.2) is 21.5 Å². The average molecular weight is 255 g/mol. The molecular weight excluding hydrogens is 241 g/mol. The van der Waals surface area contributed by atoms with Crippen molar-refractivity contribution in [3.63, 3.8) is 0 Å². The highest BCUT2D eigenvalue weighted by Crippen LogP contribution is 2.36. The second-order valence-electron chi connectivity index (χ2n) is 4.16. The molecule has 3 nitrogen and oxygen atoms in total. The summed E-state index contributed by atoms with van der Waals surface area (Å²) in [5.74, 6) is -0.488. The minimum absolute atomic E-state index is 0.0356. The summed E-state index contributed by atoms with van der Waals surface area (Å²) >= 11 is 0. The molecule has 0 saturated heterocycles. The third-order valence-corrected chi connectivity index (χ3v) is 4.86. The minimum atomic E-state index is -3.49. The molecule has 1 unspecified atom stereocenters. The number of hydrogen-bond donors (Lipinski definition) is 1. The van der Waals surface area contributed by atoms with Crippen molar-refractivity contribution in [2.45, 2.75) is 24.3 Å². The smallest absolute Gasteiger partial charge is 0.203 e. The van der Waals surface area contributed by atoms with Crippen LogP contribution in [0.25, 0.3) is 6.08 Å². The molecule has 0 radical (unpaired) electrons. The zero-order valence-electron chi connectivity index (χ0n) is 9.70. The Bertz CT molecular complexity index is 578. The zero-order valence-corrected chi connectivity index (χ0v) is 10.5. The van der Waals surface area contributed by atoms with Crippen molar-refractivity contribution in [3.8, 4) is 0 Å². The molecule has 5 heteroatoms. The molecule has 17 heavy (non-hydrogen) atoms. The first-order valence-corrected chi connectivity index (χ1v) is 6.86. The lowest BCUT2D eigenvalue weighted by atomic mass is 10.1. The van der Waals surface area contributed by atoms with Crippen molar-refractivity contribution in [2.24, 2.45) is 0 Å². The molecule has 1 N–H and O–H groups in total. The molecule has 1 aromatic rings. The van der Waals surface area contributed by atoms with E-state index in [2.05, 4.69) is 5.32 Å². The molecule has 0 fully saturated rings. The normalized spacial score (nSPS) is 18.6. The third kappa shape index (κ3) is 2.00. The number of fused-ring (bicyclic) bond motifs is 1. The summed E-state index contributed by atoms with van der Waals surface area (Å²) in [6.45, 7) is 1.88. The summed E-state index contributed by atoms with van der Waals surface area (Å²) in [4.78, 5) is 0.357.